The summed E-state index contributed by atoms with van der Waals surface area (Å²) in [6.07, 6.45) is 2.13. The second-order valence-corrected chi connectivity index (χ2v) is 4.88. The summed E-state index contributed by atoms with van der Waals surface area (Å²) < 4.78 is 0. The lowest BCUT2D eigenvalue weighted by atomic mass is 10.3. The van der Waals surface area contributed by atoms with Crippen LogP contribution < -0.4 is 0 Å². The molecule has 0 saturated heterocycles. The van der Waals surface area contributed by atoms with Gasteiger partial charge in [0.1, 0.15) is 4.88 Å². The van der Waals surface area contributed by atoms with Crippen molar-refractivity contribution in [3.63, 3.8) is 0 Å². The summed E-state index contributed by atoms with van der Waals surface area (Å²) in [4.78, 5) is 25.3. The van der Waals surface area contributed by atoms with Crippen LogP contribution >= 0.6 is 11.3 Å². The first-order valence-electron chi connectivity index (χ1n) is 5.27. The fourth-order valence-corrected chi connectivity index (χ4v) is 2.46. The summed E-state index contributed by atoms with van der Waals surface area (Å²) >= 11 is 1.05. The van der Waals surface area contributed by atoms with Gasteiger partial charge < -0.3 is 10.0 Å². The van der Waals surface area contributed by atoms with Crippen LogP contribution in [0, 0.1) is 0 Å². The number of carbonyl (C=O) groups is 2. The van der Waals surface area contributed by atoms with Gasteiger partial charge >= 0.3 is 5.97 Å². The molecule has 1 fully saturated rings. The van der Waals surface area contributed by atoms with Crippen LogP contribution in [0.2, 0.25) is 0 Å². The van der Waals surface area contributed by atoms with Gasteiger partial charge in [0.15, 0.2) is 0 Å². The van der Waals surface area contributed by atoms with E-state index in [0.717, 1.165) is 24.2 Å². The topological polar surface area (TPSA) is 57.6 Å². The van der Waals surface area contributed by atoms with Crippen molar-refractivity contribution in [1.29, 1.82) is 0 Å². The minimum Gasteiger partial charge on any atom is -0.477 e. The number of carbonyl (C=O) groups excluding carboxylic acids is 1. The Morgan fingerprint density at radius 2 is 2.06 bits per heavy atom. The van der Waals surface area contributed by atoms with Gasteiger partial charge in [0.05, 0.1) is 4.88 Å². The Kier molecular flexibility index (Phi) is 2.96. The van der Waals surface area contributed by atoms with E-state index in [-0.39, 0.29) is 10.8 Å². The fourth-order valence-electron chi connectivity index (χ4n) is 1.66. The molecule has 86 valence electrons. The van der Waals surface area contributed by atoms with Crippen molar-refractivity contribution in [3.05, 3.63) is 21.9 Å². The lowest BCUT2D eigenvalue weighted by Gasteiger charge is -2.19. The van der Waals surface area contributed by atoms with Gasteiger partial charge in [-0.25, -0.2) is 4.79 Å². The molecule has 1 saturated carbocycles. The second-order valence-electron chi connectivity index (χ2n) is 3.79. The van der Waals surface area contributed by atoms with E-state index in [4.69, 9.17) is 5.11 Å². The molecule has 1 amide bonds. The Balaban J connectivity index is 2.15. The maximum absolute atomic E-state index is 12.0. The number of nitrogens with zero attached hydrogens (tertiary/aromatic N) is 1. The molecule has 5 heteroatoms. The number of hydrogen-bond acceptors (Lipinski definition) is 3. The SMILES string of the molecule is CCN(C(=O)c1ccc(C(=O)O)s1)C1CC1. The fraction of sp³-hybridized carbons (Fsp3) is 0.455. The van der Waals surface area contributed by atoms with Gasteiger partial charge in [-0.15, -0.1) is 11.3 Å². The molecule has 2 rings (SSSR count). The van der Waals surface area contributed by atoms with Crippen LogP contribution in [0.25, 0.3) is 0 Å². The highest BCUT2D eigenvalue weighted by Crippen LogP contribution is 2.29. The van der Waals surface area contributed by atoms with E-state index in [0.29, 0.717) is 17.5 Å². The third-order valence-electron chi connectivity index (χ3n) is 2.62. The van der Waals surface area contributed by atoms with E-state index < -0.39 is 5.97 Å². The number of thiophene rings is 1. The largest absolute Gasteiger partial charge is 0.477 e. The number of amides is 1. The first kappa shape index (κ1) is 11.1. The van der Waals surface area contributed by atoms with Gasteiger partial charge in [0, 0.05) is 12.6 Å². The molecule has 4 nitrogen and oxygen atoms in total. The number of hydrogen-bond donors (Lipinski definition) is 1. The average Bonchev–Trinajstić information content (AvgIpc) is 2.96. The predicted octanol–water partition coefficient (Wildman–Crippen LogP) is 2.07. The van der Waals surface area contributed by atoms with Crippen molar-refractivity contribution >= 4 is 23.2 Å². The van der Waals surface area contributed by atoms with Gasteiger partial charge in [0.2, 0.25) is 0 Å². The normalized spacial score (nSPS) is 14.8. The van der Waals surface area contributed by atoms with E-state index in [1.165, 1.54) is 6.07 Å². The summed E-state index contributed by atoms with van der Waals surface area (Å²) in [6, 6.07) is 3.45. The second kappa shape index (κ2) is 4.25. The molecule has 0 unspecified atom stereocenters. The van der Waals surface area contributed by atoms with Gasteiger partial charge in [-0.1, -0.05) is 0 Å². The van der Waals surface area contributed by atoms with E-state index in [9.17, 15) is 9.59 Å². The lowest BCUT2D eigenvalue weighted by molar-refractivity contribution is 0.0701. The molecule has 0 aliphatic heterocycles. The zero-order chi connectivity index (χ0) is 11.7. The monoisotopic (exact) mass is 239 g/mol. The quantitative estimate of drug-likeness (QED) is 0.875. The Morgan fingerprint density at radius 3 is 2.50 bits per heavy atom. The van der Waals surface area contributed by atoms with Gasteiger partial charge in [-0.05, 0) is 31.9 Å². The summed E-state index contributed by atoms with van der Waals surface area (Å²) in [6.45, 7) is 2.63. The highest BCUT2D eigenvalue weighted by atomic mass is 32.1. The third kappa shape index (κ3) is 2.09. The standard InChI is InChI=1S/C11H13NO3S/c1-2-12(7-3-4-7)10(13)8-5-6-9(16-8)11(14)15/h5-7H,2-4H2,1H3,(H,14,15). The third-order valence-corrected chi connectivity index (χ3v) is 3.68. The molecular formula is C11H13NO3S. The van der Waals surface area contributed by atoms with Crippen LogP contribution in [-0.4, -0.2) is 34.5 Å². The smallest absolute Gasteiger partial charge is 0.345 e. The number of carboxylic acid groups (broad SMARTS) is 1. The zero-order valence-electron chi connectivity index (χ0n) is 8.97. The van der Waals surface area contributed by atoms with E-state index >= 15 is 0 Å². The van der Waals surface area contributed by atoms with Gasteiger partial charge in [-0.3, -0.25) is 4.79 Å². The average molecular weight is 239 g/mol. The van der Waals surface area contributed by atoms with Crippen LogP contribution in [0.1, 0.15) is 39.1 Å². The van der Waals surface area contributed by atoms with Crippen LogP contribution in [0.3, 0.4) is 0 Å². The molecule has 1 aliphatic rings. The van der Waals surface area contributed by atoms with Gasteiger partial charge in [-0.2, -0.15) is 0 Å². The Labute approximate surface area is 97.5 Å². The minimum absolute atomic E-state index is 0.0394. The van der Waals surface area contributed by atoms with E-state index in [1.54, 1.807) is 6.07 Å². The van der Waals surface area contributed by atoms with Crippen molar-refractivity contribution in [3.8, 4) is 0 Å². The van der Waals surface area contributed by atoms with Crippen LogP contribution in [0.4, 0.5) is 0 Å². The molecule has 1 aromatic heterocycles. The molecular weight excluding hydrogens is 226 g/mol. The summed E-state index contributed by atoms with van der Waals surface area (Å²) in [5.74, 6) is -1.01. The molecule has 0 aromatic carbocycles. The summed E-state index contributed by atoms with van der Waals surface area (Å²) in [5, 5.41) is 8.78. The van der Waals surface area contributed by atoms with Crippen molar-refractivity contribution < 1.29 is 14.7 Å². The number of rotatable bonds is 4. The molecule has 0 spiro atoms. The number of aromatic carboxylic acids is 1. The van der Waals surface area contributed by atoms with Crippen LogP contribution in [0.15, 0.2) is 12.1 Å². The first-order chi connectivity index (χ1) is 7.63. The Hall–Kier alpha value is -1.36. The van der Waals surface area contributed by atoms with Crippen molar-refractivity contribution in [2.24, 2.45) is 0 Å². The summed E-state index contributed by atoms with van der Waals surface area (Å²) in [5.41, 5.74) is 0. The van der Waals surface area contributed by atoms with Crippen molar-refractivity contribution in [2.75, 3.05) is 6.54 Å². The minimum atomic E-state index is -0.974. The predicted molar refractivity (Wildman–Crippen MR) is 61.0 cm³/mol. The van der Waals surface area contributed by atoms with Gasteiger partial charge in [0.25, 0.3) is 5.91 Å². The van der Waals surface area contributed by atoms with Crippen LogP contribution in [-0.2, 0) is 0 Å². The maximum atomic E-state index is 12.0. The first-order valence-corrected chi connectivity index (χ1v) is 6.09. The van der Waals surface area contributed by atoms with Crippen molar-refractivity contribution in [2.45, 2.75) is 25.8 Å². The summed E-state index contributed by atoms with van der Waals surface area (Å²) in [7, 11) is 0. The maximum Gasteiger partial charge on any atom is 0.345 e. The molecule has 0 atom stereocenters. The molecule has 1 heterocycles. The molecule has 0 bridgehead atoms. The molecule has 16 heavy (non-hydrogen) atoms. The molecule has 1 N–H and O–H groups in total. The lowest BCUT2D eigenvalue weighted by Crippen LogP contribution is -2.32. The highest BCUT2D eigenvalue weighted by Gasteiger charge is 2.32. The number of carboxylic acids is 1. The van der Waals surface area contributed by atoms with Crippen molar-refractivity contribution in [1.82, 2.24) is 4.90 Å². The Morgan fingerprint density at radius 1 is 1.44 bits per heavy atom. The zero-order valence-corrected chi connectivity index (χ0v) is 9.79. The molecule has 0 radical (unpaired) electrons. The van der Waals surface area contributed by atoms with E-state index in [2.05, 4.69) is 0 Å². The van der Waals surface area contributed by atoms with Crippen LogP contribution in [0.5, 0.6) is 0 Å². The molecule has 1 aliphatic carbocycles. The molecule has 1 aromatic rings. The Bertz CT molecular complexity index is 423. The highest BCUT2D eigenvalue weighted by molar-refractivity contribution is 7.15. The van der Waals surface area contributed by atoms with E-state index in [1.807, 2.05) is 11.8 Å².